The molecule has 0 aliphatic carbocycles. The summed E-state index contributed by atoms with van der Waals surface area (Å²) in [4.78, 5) is 4.23. The van der Waals surface area contributed by atoms with Gasteiger partial charge in [-0.15, -0.1) is 11.6 Å². The largest absolute Gasteiger partial charge is 0.318 e. The third-order valence-electron chi connectivity index (χ3n) is 3.09. The molecule has 2 heterocycles. The maximum Gasteiger partial charge on any atom is 0.184 e. The SMILES string of the molecule is Cn1ccc(Cn2c(CCl)nc3ccc(F)c(F)c32)n1. The molecule has 0 aliphatic heterocycles. The van der Waals surface area contributed by atoms with Crippen LogP contribution in [0.25, 0.3) is 11.0 Å². The predicted octanol–water partition coefficient (Wildman–Crippen LogP) is 2.84. The lowest BCUT2D eigenvalue weighted by Crippen LogP contribution is -2.06. The van der Waals surface area contributed by atoms with Crippen LogP contribution in [0.3, 0.4) is 0 Å². The second-order valence-electron chi connectivity index (χ2n) is 4.46. The summed E-state index contributed by atoms with van der Waals surface area (Å²) in [6, 6.07) is 4.31. The van der Waals surface area contributed by atoms with Gasteiger partial charge < -0.3 is 4.57 Å². The highest BCUT2D eigenvalue weighted by atomic mass is 35.5. The van der Waals surface area contributed by atoms with Crippen LogP contribution in [0.5, 0.6) is 0 Å². The number of hydrogen-bond acceptors (Lipinski definition) is 2. The average Bonchev–Trinajstić information content (AvgIpc) is 2.99. The van der Waals surface area contributed by atoms with Crippen molar-refractivity contribution < 1.29 is 8.78 Å². The first kappa shape index (κ1) is 13.1. The summed E-state index contributed by atoms with van der Waals surface area (Å²) in [7, 11) is 1.79. The lowest BCUT2D eigenvalue weighted by atomic mass is 10.3. The molecule has 0 unspecified atom stereocenters. The van der Waals surface area contributed by atoms with Gasteiger partial charge >= 0.3 is 0 Å². The smallest absolute Gasteiger partial charge is 0.184 e. The van der Waals surface area contributed by atoms with Crippen LogP contribution in [0.15, 0.2) is 24.4 Å². The molecule has 0 saturated carbocycles. The van der Waals surface area contributed by atoms with Gasteiger partial charge in [0.1, 0.15) is 11.3 Å². The van der Waals surface area contributed by atoms with Gasteiger partial charge in [-0.2, -0.15) is 5.10 Å². The predicted molar refractivity (Wildman–Crippen MR) is 71.5 cm³/mol. The van der Waals surface area contributed by atoms with E-state index in [1.807, 2.05) is 0 Å². The van der Waals surface area contributed by atoms with Crippen molar-refractivity contribution in [1.82, 2.24) is 19.3 Å². The standard InChI is InChI=1S/C13H11ClF2N4/c1-19-5-4-8(18-19)7-20-11(6-14)17-10-3-2-9(15)12(16)13(10)20/h2-5H,6-7H2,1H3. The highest BCUT2D eigenvalue weighted by Crippen LogP contribution is 2.23. The molecule has 0 radical (unpaired) electrons. The van der Waals surface area contributed by atoms with Crippen molar-refractivity contribution in [3.05, 3.63) is 47.5 Å². The molecule has 3 rings (SSSR count). The van der Waals surface area contributed by atoms with E-state index in [1.54, 1.807) is 28.6 Å². The summed E-state index contributed by atoms with van der Waals surface area (Å²) in [5.74, 6) is -1.22. The van der Waals surface area contributed by atoms with Crippen LogP contribution >= 0.6 is 11.6 Å². The Morgan fingerprint density at radius 3 is 2.70 bits per heavy atom. The second-order valence-corrected chi connectivity index (χ2v) is 4.72. The van der Waals surface area contributed by atoms with Gasteiger partial charge in [-0.1, -0.05) is 0 Å². The minimum absolute atomic E-state index is 0.114. The zero-order chi connectivity index (χ0) is 14.3. The molecule has 0 bridgehead atoms. The van der Waals surface area contributed by atoms with E-state index in [2.05, 4.69) is 10.1 Å². The minimum Gasteiger partial charge on any atom is -0.318 e. The summed E-state index contributed by atoms with van der Waals surface area (Å²) < 4.78 is 30.6. The fraction of sp³-hybridized carbons (Fsp3) is 0.231. The third kappa shape index (κ3) is 2.06. The van der Waals surface area contributed by atoms with E-state index in [1.165, 1.54) is 6.07 Å². The number of benzene rings is 1. The topological polar surface area (TPSA) is 35.6 Å². The van der Waals surface area contributed by atoms with E-state index in [-0.39, 0.29) is 11.4 Å². The number of halogens is 3. The van der Waals surface area contributed by atoms with E-state index in [4.69, 9.17) is 11.6 Å². The van der Waals surface area contributed by atoms with Gasteiger partial charge in [0, 0.05) is 13.2 Å². The quantitative estimate of drug-likeness (QED) is 0.697. The fourth-order valence-corrected chi connectivity index (χ4v) is 2.39. The van der Waals surface area contributed by atoms with Crippen LogP contribution < -0.4 is 0 Å². The lowest BCUT2D eigenvalue weighted by molar-refractivity contribution is 0.511. The van der Waals surface area contributed by atoms with Crippen molar-refractivity contribution >= 4 is 22.6 Å². The van der Waals surface area contributed by atoms with Crippen molar-refractivity contribution in [2.45, 2.75) is 12.4 Å². The van der Waals surface area contributed by atoms with Gasteiger partial charge in [0.2, 0.25) is 0 Å². The Morgan fingerprint density at radius 2 is 2.05 bits per heavy atom. The van der Waals surface area contributed by atoms with Crippen LogP contribution in [-0.2, 0) is 19.5 Å². The maximum atomic E-state index is 14.0. The molecule has 0 saturated heterocycles. The molecule has 0 atom stereocenters. The van der Waals surface area contributed by atoms with Crippen molar-refractivity contribution in [2.75, 3.05) is 0 Å². The number of aryl methyl sites for hydroxylation is 1. The molecule has 3 aromatic rings. The molecule has 4 nitrogen and oxygen atoms in total. The number of alkyl halides is 1. The van der Waals surface area contributed by atoms with Crippen LogP contribution in [0, 0.1) is 11.6 Å². The van der Waals surface area contributed by atoms with E-state index >= 15 is 0 Å². The maximum absolute atomic E-state index is 14.0. The second kappa shape index (κ2) is 4.86. The Hall–Kier alpha value is -1.95. The first-order valence-electron chi connectivity index (χ1n) is 5.97. The highest BCUT2D eigenvalue weighted by molar-refractivity contribution is 6.16. The molecule has 2 aromatic heterocycles. The Balaban J connectivity index is 2.19. The molecule has 1 aromatic carbocycles. The van der Waals surface area contributed by atoms with Crippen LogP contribution in [-0.4, -0.2) is 19.3 Å². The molecule has 0 spiro atoms. The van der Waals surface area contributed by atoms with E-state index in [0.717, 1.165) is 11.8 Å². The van der Waals surface area contributed by atoms with Gasteiger partial charge in [0.15, 0.2) is 11.6 Å². The molecule has 104 valence electrons. The zero-order valence-electron chi connectivity index (χ0n) is 10.6. The number of nitrogens with zero attached hydrogens (tertiary/aromatic N) is 4. The molecule has 7 heteroatoms. The molecule has 0 amide bonds. The van der Waals surface area contributed by atoms with Gasteiger partial charge in [-0.05, 0) is 18.2 Å². The molecule has 0 aliphatic rings. The summed E-state index contributed by atoms with van der Waals surface area (Å²) >= 11 is 5.84. The Morgan fingerprint density at radius 1 is 1.25 bits per heavy atom. The van der Waals surface area contributed by atoms with Crippen LogP contribution in [0.1, 0.15) is 11.5 Å². The lowest BCUT2D eigenvalue weighted by Gasteiger charge is -2.06. The number of fused-ring (bicyclic) bond motifs is 1. The van der Waals surface area contributed by atoms with Crippen molar-refractivity contribution in [1.29, 1.82) is 0 Å². The Labute approximate surface area is 118 Å². The van der Waals surface area contributed by atoms with Crippen LogP contribution in [0.4, 0.5) is 8.78 Å². The van der Waals surface area contributed by atoms with E-state index < -0.39 is 11.6 Å². The summed E-state index contributed by atoms with van der Waals surface area (Å²) in [6.07, 6.45) is 1.78. The third-order valence-corrected chi connectivity index (χ3v) is 3.33. The van der Waals surface area contributed by atoms with Crippen LogP contribution in [0.2, 0.25) is 0 Å². The van der Waals surface area contributed by atoms with E-state index in [0.29, 0.717) is 17.9 Å². The van der Waals surface area contributed by atoms with Gasteiger partial charge in [0.25, 0.3) is 0 Å². The van der Waals surface area contributed by atoms with Crippen molar-refractivity contribution in [3.8, 4) is 0 Å². The Kier molecular flexibility index (Phi) is 3.17. The number of hydrogen-bond donors (Lipinski definition) is 0. The number of imidazole rings is 1. The average molecular weight is 297 g/mol. The fourth-order valence-electron chi connectivity index (χ4n) is 2.19. The van der Waals surface area contributed by atoms with Gasteiger partial charge in [-0.3, -0.25) is 4.68 Å². The number of rotatable bonds is 3. The first-order chi connectivity index (χ1) is 9.60. The summed E-state index contributed by atoms with van der Waals surface area (Å²) in [6.45, 7) is 0.291. The monoisotopic (exact) mass is 296 g/mol. The molecule has 0 N–H and O–H groups in total. The van der Waals surface area contributed by atoms with Gasteiger partial charge in [0.05, 0.1) is 23.6 Å². The minimum atomic E-state index is -0.915. The Bertz CT molecular complexity index is 778. The normalized spacial score (nSPS) is 11.4. The molecule has 0 fully saturated rings. The highest BCUT2D eigenvalue weighted by Gasteiger charge is 2.17. The number of aromatic nitrogens is 4. The first-order valence-corrected chi connectivity index (χ1v) is 6.51. The summed E-state index contributed by atoms with van der Waals surface area (Å²) in [5.41, 5.74) is 1.23. The van der Waals surface area contributed by atoms with Crippen molar-refractivity contribution in [3.63, 3.8) is 0 Å². The molecule has 20 heavy (non-hydrogen) atoms. The van der Waals surface area contributed by atoms with E-state index in [9.17, 15) is 8.78 Å². The zero-order valence-corrected chi connectivity index (χ0v) is 11.4. The van der Waals surface area contributed by atoms with Crippen molar-refractivity contribution in [2.24, 2.45) is 7.05 Å². The molecular weight excluding hydrogens is 286 g/mol. The summed E-state index contributed by atoms with van der Waals surface area (Å²) in [5, 5.41) is 4.23. The van der Waals surface area contributed by atoms with Gasteiger partial charge in [-0.25, -0.2) is 13.8 Å². The molecular formula is C13H11ClF2N4.